The highest BCUT2D eigenvalue weighted by Gasteiger charge is 1.99. The maximum Gasteiger partial charge on any atom is 0.208 e. The molecule has 0 aliphatic heterocycles. The lowest BCUT2D eigenvalue weighted by Crippen LogP contribution is -2.12. The molecule has 3 heteroatoms. The van der Waals surface area contributed by atoms with Crippen LogP contribution in [0.1, 0.15) is 24.1 Å². The first-order valence-electron chi connectivity index (χ1n) is 6.24. The highest BCUT2D eigenvalue weighted by atomic mass is 16.4. The maximum absolute atomic E-state index is 5.50. The Balaban J connectivity index is 1.71. The fourth-order valence-corrected chi connectivity index (χ4v) is 1.61. The van der Waals surface area contributed by atoms with Gasteiger partial charge in [0.05, 0.1) is 12.7 Å². The molecule has 1 N–H and O–H groups in total. The summed E-state index contributed by atoms with van der Waals surface area (Å²) in [6, 6.07) is 10.2. The lowest BCUT2D eigenvalue weighted by atomic mass is 10.2. The van der Waals surface area contributed by atoms with Gasteiger partial charge in [-0.3, -0.25) is 0 Å². The van der Waals surface area contributed by atoms with Crippen LogP contribution in [0.2, 0.25) is 0 Å². The summed E-state index contributed by atoms with van der Waals surface area (Å²) in [5.41, 5.74) is 1.21. The summed E-state index contributed by atoms with van der Waals surface area (Å²) in [5.74, 6) is 1.69. The summed E-state index contributed by atoms with van der Waals surface area (Å²) in [7, 11) is 0. The van der Waals surface area contributed by atoms with Crippen LogP contribution in [-0.2, 0) is 13.0 Å². The lowest BCUT2D eigenvalue weighted by molar-refractivity contribution is 0.444. The van der Waals surface area contributed by atoms with Gasteiger partial charge in [0.2, 0.25) is 5.89 Å². The van der Waals surface area contributed by atoms with Crippen molar-refractivity contribution >= 4 is 6.08 Å². The molecule has 0 aliphatic rings. The Morgan fingerprint density at radius 3 is 2.83 bits per heavy atom. The number of benzene rings is 1. The van der Waals surface area contributed by atoms with Crippen molar-refractivity contribution in [3.8, 4) is 0 Å². The van der Waals surface area contributed by atoms with Crippen LogP contribution >= 0.6 is 0 Å². The van der Waals surface area contributed by atoms with E-state index in [-0.39, 0.29) is 0 Å². The topological polar surface area (TPSA) is 38.1 Å². The zero-order valence-electron chi connectivity index (χ0n) is 10.6. The number of nitrogens with zero attached hydrogens (tertiary/aromatic N) is 1. The molecule has 0 spiro atoms. The van der Waals surface area contributed by atoms with Gasteiger partial charge in [-0.15, -0.1) is 0 Å². The smallest absolute Gasteiger partial charge is 0.208 e. The molecule has 0 radical (unpaired) electrons. The number of aromatic nitrogens is 1. The third-order valence-corrected chi connectivity index (χ3v) is 2.60. The normalized spacial score (nSPS) is 11.2. The predicted molar refractivity (Wildman–Crippen MR) is 73.1 cm³/mol. The number of hydrogen-bond acceptors (Lipinski definition) is 3. The second kappa shape index (κ2) is 6.77. The van der Waals surface area contributed by atoms with Crippen LogP contribution in [0.3, 0.4) is 0 Å². The minimum Gasteiger partial charge on any atom is -0.444 e. The fourth-order valence-electron chi connectivity index (χ4n) is 1.61. The summed E-state index contributed by atoms with van der Waals surface area (Å²) in [4.78, 5) is 4.19. The summed E-state index contributed by atoms with van der Waals surface area (Å²) >= 11 is 0. The van der Waals surface area contributed by atoms with Crippen molar-refractivity contribution in [3.05, 3.63) is 59.8 Å². The van der Waals surface area contributed by atoms with E-state index in [1.807, 2.05) is 18.2 Å². The first kappa shape index (κ1) is 12.6. The highest BCUT2D eigenvalue weighted by Crippen LogP contribution is 2.03. The van der Waals surface area contributed by atoms with Gasteiger partial charge >= 0.3 is 0 Å². The Bertz CT molecular complexity index is 488. The van der Waals surface area contributed by atoms with Crippen LogP contribution in [0, 0.1) is 0 Å². The number of oxazole rings is 1. The second-order valence-electron chi connectivity index (χ2n) is 4.02. The van der Waals surface area contributed by atoms with E-state index in [4.69, 9.17) is 4.42 Å². The lowest BCUT2D eigenvalue weighted by Gasteiger charge is -1.97. The average molecular weight is 242 g/mol. The molecule has 0 bridgehead atoms. The van der Waals surface area contributed by atoms with Crippen LogP contribution < -0.4 is 5.32 Å². The number of aryl methyl sites for hydroxylation is 1. The minimum absolute atomic E-state index is 0.666. The highest BCUT2D eigenvalue weighted by molar-refractivity contribution is 5.48. The van der Waals surface area contributed by atoms with Crippen LogP contribution in [0.5, 0.6) is 0 Å². The zero-order chi connectivity index (χ0) is 12.6. The first-order valence-corrected chi connectivity index (χ1v) is 6.24. The molecule has 2 aromatic rings. The third-order valence-electron chi connectivity index (χ3n) is 2.60. The van der Waals surface area contributed by atoms with Gasteiger partial charge in [0.1, 0.15) is 5.76 Å². The van der Waals surface area contributed by atoms with E-state index >= 15 is 0 Å². The Kier molecular flexibility index (Phi) is 4.73. The molecular weight excluding hydrogens is 224 g/mol. The largest absolute Gasteiger partial charge is 0.444 e. The molecule has 0 unspecified atom stereocenters. The van der Waals surface area contributed by atoms with Crippen molar-refractivity contribution in [2.45, 2.75) is 19.9 Å². The second-order valence-corrected chi connectivity index (χ2v) is 4.02. The average Bonchev–Trinajstić information content (AvgIpc) is 2.87. The molecule has 0 fully saturated rings. The van der Waals surface area contributed by atoms with Crippen molar-refractivity contribution < 1.29 is 4.42 Å². The van der Waals surface area contributed by atoms with Gasteiger partial charge in [0.15, 0.2) is 0 Å². The number of hydrogen-bond donors (Lipinski definition) is 1. The Morgan fingerprint density at radius 2 is 2.11 bits per heavy atom. The molecule has 1 heterocycles. The number of rotatable bonds is 6. The van der Waals surface area contributed by atoms with E-state index in [0.717, 1.165) is 24.6 Å². The van der Waals surface area contributed by atoms with Gasteiger partial charge in [-0.1, -0.05) is 49.4 Å². The van der Waals surface area contributed by atoms with Gasteiger partial charge in [-0.25, -0.2) is 4.98 Å². The van der Waals surface area contributed by atoms with Crippen LogP contribution in [0.4, 0.5) is 0 Å². The van der Waals surface area contributed by atoms with Gasteiger partial charge in [-0.05, 0) is 5.56 Å². The molecule has 1 aromatic heterocycles. The summed E-state index contributed by atoms with van der Waals surface area (Å²) in [6.45, 7) is 3.53. The van der Waals surface area contributed by atoms with Crippen LogP contribution in [0.15, 0.2) is 47.0 Å². The predicted octanol–water partition coefficient (Wildman–Crippen LogP) is 3.04. The third kappa shape index (κ3) is 3.86. The van der Waals surface area contributed by atoms with Crippen LogP contribution in [0.25, 0.3) is 6.08 Å². The standard InChI is InChI=1S/C15H18N2O/c1-2-14-11-17-15(18-14)12-16-10-6-9-13-7-4-3-5-8-13/h3-9,11,16H,2,10,12H2,1H3/b9-6+. The summed E-state index contributed by atoms with van der Waals surface area (Å²) in [6.07, 6.45) is 6.87. The molecule has 18 heavy (non-hydrogen) atoms. The molecule has 1 aromatic carbocycles. The SMILES string of the molecule is CCc1cnc(CNC/C=C/c2ccccc2)o1. The molecule has 0 saturated heterocycles. The van der Waals surface area contributed by atoms with E-state index in [2.05, 4.69) is 41.5 Å². The van der Waals surface area contributed by atoms with Crippen molar-refractivity contribution in [2.75, 3.05) is 6.54 Å². The monoisotopic (exact) mass is 242 g/mol. The van der Waals surface area contributed by atoms with E-state index in [1.54, 1.807) is 6.20 Å². The summed E-state index contributed by atoms with van der Waals surface area (Å²) < 4.78 is 5.50. The van der Waals surface area contributed by atoms with Crippen molar-refractivity contribution in [1.82, 2.24) is 10.3 Å². The van der Waals surface area contributed by atoms with Gasteiger partial charge in [0, 0.05) is 13.0 Å². The Morgan fingerprint density at radius 1 is 1.28 bits per heavy atom. The Hall–Kier alpha value is -1.87. The van der Waals surface area contributed by atoms with Crippen LogP contribution in [-0.4, -0.2) is 11.5 Å². The molecule has 0 aliphatic carbocycles. The summed E-state index contributed by atoms with van der Waals surface area (Å²) in [5, 5.41) is 3.27. The fraction of sp³-hybridized carbons (Fsp3) is 0.267. The zero-order valence-corrected chi connectivity index (χ0v) is 10.6. The molecule has 0 atom stereocenters. The molecule has 2 rings (SSSR count). The van der Waals surface area contributed by atoms with Crippen molar-refractivity contribution in [2.24, 2.45) is 0 Å². The van der Waals surface area contributed by atoms with E-state index in [0.29, 0.717) is 6.54 Å². The maximum atomic E-state index is 5.50. The Labute approximate surface area is 108 Å². The molecule has 0 amide bonds. The number of nitrogens with one attached hydrogen (secondary N) is 1. The molecule has 94 valence electrons. The molecule has 3 nitrogen and oxygen atoms in total. The van der Waals surface area contributed by atoms with Gasteiger partial charge in [-0.2, -0.15) is 0 Å². The van der Waals surface area contributed by atoms with Crippen molar-refractivity contribution in [3.63, 3.8) is 0 Å². The molecular formula is C15H18N2O. The minimum atomic E-state index is 0.666. The molecule has 0 saturated carbocycles. The quantitative estimate of drug-likeness (QED) is 0.791. The van der Waals surface area contributed by atoms with E-state index in [1.165, 1.54) is 5.56 Å². The first-order chi connectivity index (χ1) is 8.88. The van der Waals surface area contributed by atoms with Crippen molar-refractivity contribution in [1.29, 1.82) is 0 Å². The van der Waals surface area contributed by atoms with E-state index in [9.17, 15) is 0 Å². The van der Waals surface area contributed by atoms with E-state index < -0.39 is 0 Å². The van der Waals surface area contributed by atoms with Gasteiger partial charge < -0.3 is 9.73 Å². The van der Waals surface area contributed by atoms with Gasteiger partial charge in [0.25, 0.3) is 0 Å².